The fourth-order valence-electron chi connectivity index (χ4n) is 5.73. The highest BCUT2D eigenvalue weighted by Gasteiger charge is 2.29. The van der Waals surface area contributed by atoms with E-state index in [1.165, 1.54) is 4.90 Å². The Labute approximate surface area is 316 Å². The summed E-state index contributed by atoms with van der Waals surface area (Å²) in [6, 6.07) is 26.2. The number of hydrogen-bond donors (Lipinski definition) is 4. The molecule has 0 saturated heterocycles. The topological polar surface area (TPSA) is 173 Å². The molecule has 0 aliphatic carbocycles. The summed E-state index contributed by atoms with van der Waals surface area (Å²) in [5.74, 6) is -2.11. The largest absolute Gasteiger partial charge is 0.462 e. The Morgan fingerprint density at radius 1 is 0.796 bits per heavy atom. The number of ether oxygens (including phenoxy) is 3. The number of aliphatic hydroxyl groups excluding tert-OH is 1. The minimum atomic E-state index is -1.06. The molecule has 4 N–H and O–H groups in total. The van der Waals surface area contributed by atoms with Gasteiger partial charge in [0.15, 0.2) is 0 Å². The summed E-state index contributed by atoms with van der Waals surface area (Å²) < 4.78 is 16.2. The zero-order valence-electron chi connectivity index (χ0n) is 30.4. The number of carbonyl (C=O) groups excluding carboxylic acids is 5. The molecule has 0 aromatic heterocycles. The Morgan fingerprint density at radius 2 is 1.39 bits per heavy atom. The van der Waals surface area contributed by atoms with Gasteiger partial charge in [0.25, 0.3) is 0 Å². The number of hydrogen-bond acceptors (Lipinski definition) is 9. The minimum Gasteiger partial charge on any atom is -0.462 e. The van der Waals surface area contributed by atoms with E-state index in [2.05, 4.69) is 16.0 Å². The van der Waals surface area contributed by atoms with Crippen LogP contribution in [0.25, 0.3) is 0 Å². The van der Waals surface area contributed by atoms with Gasteiger partial charge in [-0.05, 0) is 48.8 Å². The number of cyclic esters (lactones) is 1. The van der Waals surface area contributed by atoms with Gasteiger partial charge >= 0.3 is 18.2 Å². The van der Waals surface area contributed by atoms with Crippen molar-refractivity contribution in [2.75, 3.05) is 26.3 Å². The molecule has 3 aromatic rings. The molecule has 0 radical (unpaired) electrons. The first kappa shape index (κ1) is 41.1. The first-order chi connectivity index (χ1) is 26.3. The van der Waals surface area contributed by atoms with Crippen LogP contribution in [-0.4, -0.2) is 78.4 Å². The third kappa shape index (κ3) is 15.1. The van der Waals surface area contributed by atoms with Crippen LogP contribution in [-0.2, 0) is 48.4 Å². The molecule has 288 valence electrons. The second-order valence-electron chi connectivity index (χ2n) is 12.9. The van der Waals surface area contributed by atoms with Gasteiger partial charge in [0.2, 0.25) is 11.8 Å². The van der Waals surface area contributed by atoms with Crippen LogP contribution in [0.1, 0.15) is 55.2 Å². The van der Waals surface area contributed by atoms with E-state index < -0.39 is 36.2 Å². The van der Waals surface area contributed by atoms with Crippen LogP contribution in [0.2, 0.25) is 0 Å². The van der Waals surface area contributed by atoms with Crippen LogP contribution < -0.4 is 16.0 Å². The molecule has 3 atom stereocenters. The third-order valence-electron chi connectivity index (χ3n) is 8.71. The van der Waals surface area contributed by atoms with Gasteiger partial charge in [-0.25, -0.2) is 14.4 Å². The lowest BCUT2D eigenvalue weighted by Crippen LogP contribution is -2.46. The van der Waals surface area contributed by atoms with E-state index >= 15 is 0 Å². The fourth-order valence-corrected chi connectivity index (χ4v) is 5.73. The summed E-state index contributed by atoms with van der Waals surface area (Å²) in [4.78, 5) is 66.8. The maximum atomic E-state index is 13.7. The van der Waals surface area contributed by atoms with Gasteiger partial charge in [-0.3, -0.25) is 9.59 Å². The summed E-state index contributed by atoms with van der Waals surface area (Å²) in [7, 11) is 0. The lowest BCUT2D eigenvalue weighted by molar-refractivity contribution is -0.147. The molecule has 3 aromatic carbocycles. The van der Waals surface area contributed by atoms with Crippen molar-refractivity contribution in [1.82, 2.24) is 20.9 Å². The van der Waals surface area contributed by atoms with Crippen molar-refractivity contribution in [2.24, 2.45) is 5.92 Å². The minimum absolute atomic E-state index is 0.0191. The van der Waals surface area contributed by atoms with Crippen LogP contribution in [0.3, 0.4) is 0 Å². The first-order valence-corrected chi connectivity index (χ1v) is 18.3. The summed E-state index contributed by atoms with van der Waals surface area (Å²) in [5.41, 5.74) is 2.55. The molecule has 1 aliphatic heterocycles. The van der Waals surface area contributed by atoms with Crippen LogP contribution in [0.15, 0.2) is 103 Å². The fraction of sp³-hybridized carbons (Fsp3) is 0.390. The quantitative estimate of drug-likeness (QED) is 0.0698. The molecular formula is C41H50N4O9. The van der Waals surface area contributed by atoms with E-state index in [-0.39, 0.29) is 70.6 Å². The lowest BCUT2D eigenvalue weighted by atomic mass is 9.97. The second kappa shape index (κ2) is 23.1. The van der Waals surface area contributed by atoms with Gasteiger partial charge in [0.1, 0.15) is 25.9 Å². The van der Waals surface area contributed by atoms with E-state index in [4.69, 9.17) is 14.2 Å². The van der Waals surface area contributed by atoms with Gasteiger partial charge in [-0.15, -0.1) is 0 Å². The van der Waals surface area contributed by atoms with Gasteiger partial charge < -0.3 is 40.2 Å². The smallest absolute Gasteiger partial charge is 0.408 e. The molecule has 3 unspecified atom stereocenters. The van der Waals surface area contributed by atoms with E-state index in [0.29, 0.717) is 25.8 Å². The highest BCUT2D eigenvalue weighted by Crippen LogP contribution is 2.17. The lowest BCUT2D eigenvalue weighted by Gasteiger charge is -2.26. The predicted molar refractivity (Wildman–Crippen MR) is 200 cm³/mol. The molecule has 1 aliphatic rings. The number of aliphatic hydroxyl groups is 1. The SMILES string of the molecule is O=C(NCCCCC1COC(=O)C(NC(=O)OCc2ccccc2)CC=CCC(CC(=O)N(CCO)Cc2ccccc2)C(=O)N1)OCc1ccccc1. The van der Waals surface area contributed by atoms with Crippen molar-refractivity contribution in [2.45, 2.75) is 70.4 Å². The Morgan fingerprint density at radius 3 is 2.02 bits per heavy atom. The molecule has 13 nitrogen and oxygen atoms in total. The van der Waals surface area contributed by atoms with Gasteiger partial charge in [0.05, 0.1) is 18.6 Å². The average molecular weight is 743 g/mol. The van der Waals surface area contributed by atoms with E-state index in [1.54, 1.807) is 12.2 Å². The second-order valence-corrected chi connectivity index (χ2v) is 12.9. The van der Waals surface area contributed by atoms with Crippen LogP contribution in [0, 0.1) is 5.92 Å². The molecule has 13 heteroatoms. The van der Waals surface area contributed by atoms with E-state index in [0.717, 1.165) is 16.7 Å². The summed E-state index contributed by atoms with van der Waals surface area (Å²) in [6.07, 6.45) is 3.71. The molecule has 0 fully saturated rings. The van der Waals surface area contributed by atoms with Crippen molar-refractivity contribution in [3.63, 3.8) is 0 Å². The molecule has 0 spiro atoms. The van der Waals surface area contributed by atoms with Crippen LogP contribution in [0.5, 0.6) is 0 Å². The van der Waals surface area contributed by atoms with E-state index in [9.17, 15) is 29.1 Å². The molecule has 0 saturated carbocycles. The summed E-state index contributed by atoms with van der Waals surface area (Å²) in [5, 5.41) is 18.0. The van der Waals surface area contributed by atoms with Crippen molar-refractivity contribution >= 4 is 30.0 Å². The predicted octanol–water partition coefficient (Wildman–Crippen LogP) is 4.78. The van der Waals surface area contributed by atoms with Gasteiger partial charge in [0, 0.05) is 26.1 Å². The monoisotopic (exact) mass is 742 g/mol. The van der Waals surface area contributed by atoms with Crippen molar-refractivity contribution in [1.29, 1.82) is 0 Å². The highest BCUT2D eigenvalue weighted by molar-refractivity contribution is 5.86. The number of rotatable bonds is 16. The Kier molecular flexibility index (Phi) is 17.6. The highest BCUT2D eigenvalue weighted by atomic mass is 16.6. The first-order valence-electron chi connectivity index (χ1n) is 18.3. The van der Waals surface area contributed by atoms with Gasteiger partial charge in [-0.1, -0.05) is 103 Å². The molecule has 4 rings (SSSR count). The van der Waals surface area contributed by atoms with Crippen LogP contribution in [0.4, 0.5) is 9.59 Å². The Bertz CT molecular complexity index is 1640. The molecule has 54 heavy (non-hydrogen) atoms. The third-order valence-corrected chi connectivity index (χ3v) is 8.71. The summed E-state index contributed by atoms with van der Waals surface area (Å²) >= 11 is 0. The molecule has 0 bridgehead atoms. The Balaban J connectivity index is 1.39. The number of nitrogens with one attached hydrogen (secondary N) is 3. The van der Waals surface area contributed by atoms with Gasteiger partial charge in [-0.2, -0.15) is 0 Å². The molecule has 4 amide bonds. The molecule has 1 heterocycles. The normalized spacial score (nSPS) is 17.5. The van der Waals surface area contributed by atoms with E-state index in [1.807, 2.05) is 91.0 Å². The number of unbranched alkanes of at least 4 members (excludes halogenated alkanes) is 1. The van der Waals surface area contributed by atoms with Crippen molar-refractivity contribution in [3.05, 3.63) is 120 Å². The number of esters is 1. The number of carbonyl (C=O) groups is 5. The Hall–Kier alpha value is -5.69. The maximum absolute atomic E-state index is 13.7. The zero-order chi connectivity index (χ0) is 38.4. The standard InChI is InChI=1S/C41H50N4O9/c46-25-24-45(27-31-14-4-1-5-15-31)37(47)26-34-20-10-11-22-36(44-41(51)54-29-33-18-8-3-9-19-33)39(49)52-30-35(43-38(34)48)21-12-13-23-42-40(50)53-28-32-16-6-2-7-17-32/h1-11,14-19,34-36,46H,12-13,20-30H2,(H,42,50)(H,43,48)(H,44,51). The number of allylic oxidation sites excluding steroid dienone is 1. The summed E-state index contributed by atoms with van der Waals surface area (Å²) in [6.45, 7) is 0.479. The number of benzene rings is 3. The average Bonchev–Trinajstić information content (AvgIpc) is 3.19. The zero-order valence-corrected chi connectivity index (χ0v) is 30.4. The molecular weight excluding hydrogens is 692 g/mol. The number of nitrogens with zero attached hydrogens (tertiary/aromatic N) is 1. The number of amides is 4. The maximum Gasteiger partial charge on any atom is 0.408 e. The van der Waals surface area contributed by atoms with Crippen molar-refractivity contribution < 1.29 is 43.3 Å². The number of alkyl carbamates (subject to hydrolysis) is 2. The van der Waals surface area contributed by atoms with Crippen molar-refractivity contribution in [3.8, 4) is 0 Å². The van der Waals surface area contributed by atoms with Crippen LogP contribution >= 0.6 is 0 Å².